The Kier molecular flexibility index (Phi) is 6.30. The van der Waals surface area contributed by atoms with Crippen LogP contribution < -0.4 is 0 Å². The Labute approximate surface area is 161 Å². The molecule has 1 aliphatic carbocycles. The van der Waals surface area contributed by atoms with Gasteiger partial charge in [0.1, 0.15) is 11.6 Å². The molecule has 0 aromatic heterocycles. The van der Waals surface area contributed by atoms with Crippen LogP contribution in [-0.4, -0.2) is 30.0 Å². The van der Waals surface area contributed by atoms with Crippen LogP contribution in [0, 0.1) is 5.41 Å². The zero-order valence-corrected chi connectivity index (χ0v) is 17.2. The summed E-state index contributed by atoms with van der Waals surface area (Å²) in [5.41, 5.74) is 3.57. The number of hydrogen-bond donors (Lipinski definition) is 1. The van der Waals surface area contributed by atoms with Gasteiger partial charge in [0.05, 0.1) is 5.56 Å². The summed E-state index contributed by atoms with van der Waals surface area (Å²) >= 11 is 0. The lowest BCUT2D eigenvalue weighted by atomic mass is 9.72. The van der Waals surface area contributed by atoms with Crippen LogP contribution in [-0.2, 0) is 0 Å². The van der Waals surface area contributed by atoms with E-state index < -0.39 is 5.83 Å². The molecule has 1 N–H and O–H groups in total. The van der Waals surface area contributed by atoms with Crippen LogP contribution in [0.1, 0.15) is 62.9 Å². The van der Waals surface area contributed by atoms with Gasteiger partial charge in [0.15, 0.2) is 0 Å². The molecule has 0 heterocycles. The number of phenols is 1. The van der Waals surface area contributed by atoms with Gasteiger partial charge in [-0.15, -0.1) is 0 Å². The molecule has 1 aromatic rings. The Hall–Kier alpha value is -2.36. The number of nitrogens with zero attached hydrogens (tertiary/aromatic N) is 1. The van der Waals surface area contributed by atoms with Gasteiger partial charge in [-0.25, -0.2) is 4.39 Å². The van der Waals surface area contributed by atoms with E-state index in [0.717, 1.165) is 12.8 Å². The molecule has 0 saturated heterocycles. The minimum Gasteiger partial charge on any atom is -0.507 e. The molecule has 1 aromatic carbocycles. The second-order valence-electron chi connectivity index (χ2n) is 8.19. The predicted molar refractivity (Wildman–Crippen MR) is 109 cm³/mol. The Balaban J connectivity index is 2.34. The standard InChI is InChI=1S/C23H30FNO2/c1-15-8-7-13-23(3,4)19(15)12-9-16(2)21(24)18-11-10-17(14-20(18)26)22(27)25(5)6/h9-12,14,26H,7-8,13H2,1-6H3. The fraction of sp³-hybridized carbons (Fsp3) is 0.435. The van der Waals surface area contributed by atoms with Crippen molar-refractivity contribution in [1.29, 1.82) is 0 Å². The number of amides is 1. The van der Waals surface area contributed by atoms with Gasteiger partial charge in [0.2, 0.25) is 0 Å². The summed E-state index contributed by atoms with van der Waals surface area (Å²) < 4.78 is 14.9. The van der Waals surface area contributed by atoms with Crippen molar-refractivity contribution in [3.63, 3.8) is 0 Å². The van der Waals surface area contributed by atoms with E-state index in [1.807, 2.05) is 6.08 Å². The monoisotopic (exact) mass is 371 g/mol. The first-order valence-electron chi connectivity index (χ1n) is 9.34. The largest absolute Gasteiger partial charge is 0.507 e. The molecular formula is C23H30FNO2. The van der Waals surface area contributed by atoms with Gasteiger partial charge < -0.3 is 10.0 Å². The van der Waals surface area contributed by atoms with Crippen molar-refractivity contribution >= 4 is 11.7 Å². The third-order valence-corrected chi connectivity index (χ3v) is 5.28. The number of benzene rings is 1. The average molecular weight is 371 g/mol. The number of phenolic OH excluding ortho intramolecular Hbond substituents is 1. The molecule has 0 radical (unpaired) electrons. The molecule has 1 aliphatic rings. The topological polar surface area (TPSA) is 40.5 Å². The molecule has 0 aliphatic heterocycles. The Morgan fingerprint density at radius 3 is 2.52 bits per heavy atom. The molecule has 27 heavy (non-hydrogen) atoms. The van der Waals surface area contributed by atoms with Crippen LogP contribution in [0.4, 0.5) is 4.39 Å². The number of halogens is 1. The van der Waals surface area contributed by atoms with E-state index in [4.69, 9.17) is 0 Å². The van der Waals surface area contributed by atoms with E-state index in [0.29, 0.717) is 11.1 Å². The number of aromatic hydroxyl groups is 1. The second kappa shape index (κ2) is 8.12. The minimum absolute atomic E-state index is 0.0892. The van der Waals surface area contributed by atoms with Crippen LogP contribution in [0.15, 0.2) is 47.1 Å². The van der Waals surface area contributed by atoms with E-state index in [9.17, 15) is 14.3 Å². The summed E-state index contributed by atoms with van der Waals surface area (Å²) in [5, 5.41) is 10.2. The molecule has 0 atom stereocenters. The van der Waals surface area contributed by atoms with Crippen molar-refractivity contribution in [2.24, 2.45) is 5.41 Å². The maximum Gasteiger partial charge on any atom is 0.253 e. The van der Waals surface area contributed by atoms with Crippen LogP contribution in [0.5, 0.6) is 5.75 Å². The SMILES string of the molecule is CC(C=CC1=C(C)CCCC1(C)C)=C(F)c1ccc(C(=O)N(C)C)cc1O. The van der Waals surface area contributed by atoms with Crippen LogP contribution >= 0.6 is 0 Å². The van der Waals surface area contributed by atoms with E-state index in [-0.39, 0.29) is 22.6 Å². The Bertz CT molecular complexity index is 829. The van der Waals surface area contributed by atoms with Crippen molar-refractivity contribution < 1.29 is 14.3 Å². The molecular weight excluding hydrogens is 341 g/mol. The molecule has 0 fully saturated rings. The number of hydrogen-bond acceptors (Lipinski definition) is 2. The zero-order valence-electron chi connectivity index (χ0n) is 17.2. The van der Waals surface area contributed by atoms with E-state index in [2.05, 4.69) is 20.8 Å². The van der Waals surface area contributed by atoms with Crippen LogP contribution in [0.3, 0.4) is 0 Å². The molecule has 0 spiro atoms. The zero-order chi connectivity index (χ0) is 20.4. The summed E-state index contributed by atoms with van der Waals surface area (Å²) in [6, 6.07) is 4.30. The first-order valence-corrected chi connectivity index (χ1v) is 9.34. The first-order chi connectivity index (χ1) is 12.5. The van der Waals surface area contributed by atoms with Crippen molar-refractivity contribution in [3.8, 4) is 5.75 Å². The van der Waals surface area contributed by atoms with Crippen molar-refractivity contribution in [2.75, 3.05) is 14.1 Å². The lowest BCUT2D eigenvalue weighted by Crippen LogP contribution is -2.21. The smallest absolute Gasteiger partial charge is 0.253 e. The quantitative estimate of drug-likeness (QED) is 0.672. The molecule has 0 bridgehead atoms. The highest BCUT2D eigenvalue weighted by molar-refractivity contribution is 5.94. The highest BCUT2D eigenvalue weighted by Gasteiger charge is 2.26. The summed E-state index contributed by atoms with van der Waals surface area (Å²) in [4.78, 5) is 13.4. The third-order valence-electron chi connectivity index (χ3n) is 5.28. The van der Waals surface area contributed by atoms with Crippen molar-refractivity contribution in [2.45, 2.75) is 47.0 Å². The Morgan fingerprint density at radius 1 is 1.30 bits per heavy atom. The van der Waals surface area contributed by atoms with Gasteiger partial charge in [-0.3, -0.25) is 4.79 Å². The molecule has 4 heteroatoms. The summed E-state index contributed by atoms with van der Waals surface area (Å²) in [5.74, 6) is -0.958. The summed E-state index contributed by atoms with van der Waals surface area (Å²) in [6.07, 6.45) is 7.17. The molecule has 3 nitrogen and oxygen atoms in total. The summed E-state index contributed by atoms with van der Waals surface area (Å²) in [6.45, 7) is 8.27. The van der Waals surface area contributed by atoms with Gasteiger partial charge >= 0.3 is 0 Å². The maximum atomic E-state index is 14.9. The molecule has 146 valence electrons. The van der Waals surface area contributed by atoms with Gasteiger partial charge in [0, 0.05) is 19.7 Å². The number of rotatable bonds is 4. The number of carbonyl (C=O) groups excluding carboxylic acids is 1. The summed E-state index contributed by atoms with van der Waals surface area (Å²) in [7, 11) is 3.26. The molecule has 0 unspecified atom stereocenters. The van der Waals surface area contributed by atoms with Gasteiger partial charge in [-0.2, -0.15) is 0 Å². The van der Waals surface area contributed by atoms with Gasteiger partial charge in [-0.05, 0) is 67.9 Å². The van der Waals surface area contributed by atoms with Crippen LogP contribution in [0.25, 0.3) is 5.83 Å². The number of allylic oxidation sites excluding steroid dienone is 5. The van der Waals surface area contributed by atoms with Gasteiger partial charge in [-0.1, -0.05) is 31.6 Å². The maximum absolute atomic E-state index is 14.9. The van der Waals surface area contributed by atoms with E-state index >= 15 is 0 Å². The minimum atomic E-state index is -0.487. The first kappa shape index (κ1) is 20.9. The normalized spacial score (nSPS) is 17.9. The second-order valence-corrected chi connectivity index (χ2v) is 8.19. The molecule has 1 amide bonds. The van der Waals surface area contributed by atoms with Gasteiger partial charge in [0.25, 0.3) is 5.91 Å². The van der Waals surface area contributed by atoms with Crippen molar-refractivity contribution in [3.05, 3.63) is 58.2 Å². The highest BCUT2D eigenvalue weighted by Crippen LogP contribution is 2.41. The lowest BCUT2D eigenvalue weighted by Gasteiger charge is -2.33. The number of carbonyl (C=O) groups is 1. The fourth-order valence-corrected chi connectivity index (χ4v) is 3.61. The fourth-order valence-electron chi connectivity index (χ4n) is 3.61. The highest BCUT2D eigenvalue weighted by atomic mass is 19.1. The van der Waals surface area contributed by atoms with E-state index in [1.54, 1.807) is 27.1 Å². The molecule has 0 saturated carbocycles. The lowest BCUT2D eigenvalue weighted by molar-refractivity contribution is 0.0827. The Morgan fingerprint density at radius 2 is 1.96 bits per heavy atom. The van der Waals surface area contributed by atoms with Crippen LogP contribution in [0.2, 0.25) is 0 Å². The van der Waals surface area contributed by atoms with E-state index in [1.165, 1.54) is 40.7 Å². The predicted octanol–water partition coefficient (Wildman–Crippen LogP) is 5.88. The van der Waals surface area contributed by atoms with Crippen molar-refractivity contribution in [1.82, 2.24) is 4.90 Å². The third kappa shape index (κ3) is 4.68. The average Bonchev–Trinajstić information content (AvgIpc) is 2.59. The molecule has 2 rings (SSSR count).